The lowest BCUT2D eigenvalue weighted by atomic mass is 9.81. The molecule has 2 aliphatic carbocycles. The lowest BCUT2D eigenvalue weighted by Crippen LogP contribution is -2.41. The number of ketones is 1. The van der Waals surface area contributed by atoms with Crippen molar-refractivity contribution in [1.29, 1.82) is 0 Å². The fourth-order valence-corrected chi connectivity index (χ4v) is 4.46. The second-order valence-electron chi connectivity index (χ2n) is 8.12. The highest BCUT2D eigenvalue weighted by Crippen LogP contribution is 2.36. The number of allylic oxidation sites excluding steroid dienone is 2. The number of fused-ring (bicyclic) bond motifs is 1. The van der Waals surface area contributed by atoms with Crippen molar-refractivity contribution in [2.24, 2.45) is 4.99 Å². The molecule has 1 aromatic carbocycles. The first-order valence-electron chi connectivity index (χ1n) is 9.77. The van der Waals surface area contributed by atoms with Crippen molar-refractivity contribution in [1.82, 2.24) is 5.32 Å². The molecule has 132 valence electrons. The van der Waals surface area contributed by atoms with Gasteiger partial charge in [0.05, 0.1) is 11.6 Å². The van der Waals surface area contributed by atoms with Gasteiger partial charge in [-0.1, -0.05) is 51.0 Å². The van der Waals surface area contributed by atoms with Crippen molar-refractivity contribution in [3.8, 4) is 0 Å². The van der Waals surface area contributed by atoms with Gasteiger partial charge in [0, 0.05) is 24.4 Å². The van der Waals surface area contributed by atoms with E-state index in [9.17, 15) is 4.79 Å². The van der Waals surface area contributed by atoms with Crippen LogP contribution in [0.15, 0.2) is 40.5 Å². The number of benzene rings is 1. The first-order valence-corrected chi connectivity index (χ1v) is 9.77. The van der Waals surface area contributed by atoms with Gasteiger partial charge in [-0.3, -0.25) is 9.79 Å². The molecular formula is C22H28N2O. The van der Waals surface area contributed by atoms with Crippen molar-refractivity contribution in [2.75, 3.05) is 0 Å². The van der Waals surface area contributed by atoms with E-state index in [1.807, 2.05) is 6.21 Å². The summed E-state index contributed by atoms with van der Waals surface area (Å²) in [5.41, 5.74) is 4.61. The third kappa shape index (κ3) is 3.29. The van der Waals surface area contributed by atoms with E-state index in [0.717, 1.165) is 24.1 Å². The average Bonchev–Trinajstić information content (AvgIpc) is 2.81. The van der Waals surface area contributed by atoms with Gasteiger partial charge in [0.15, 0.2) is 5.78 Å². The largest absolute Gasteiger partial charge is 0.383 e. The Morgan fingerprint density at radius 1 is 1.08 bits per heavy atom. The van der Waals surface area contributed by atoms with E-state index in [-0.39, 0.29) is 11.7 Å². The van der Waals surface area contributed by atoms with Crippen molar-refractivity contribution >= 4 is 12.0 Å². The van der Waals surface area contributed by atoms with Gasteiger partial charge < -0.3 is 5.32 Å². The molecule has 1 heterocycles. The summed E-state index contributed by atoms with van der Waals surface area (Å²) in [5, 5.41) is 3.71. The van der Waals surface area contributed by atoms with E-state index in [1.54, 1.807) is 0 Å². The molecule has 1 aromatic rings. The van der Waals surface area contributed by atoms with Crippen LogP contribution in [-0.2, 0) is 4.79 Å². The summed E-state index contributed by atoms with van der Waals surface area (Å²) in [7, 11) is 0. The highest BCUT2D eigenvalue weighted by atomic mass is 16.1. The maximum Gasteiger partial charge on any atom is 0.166 e. The van der Waals surface area contributed by atoms with Crippen LogP contribution in [0.2, 0.25) is 0 Å². The maximum absolute atomic E-state index is 12.8. The summed E-state index contributed by atoms with van der Waals surface area (Å²) < 4.78 is 0. The fourth-order valence-electron chi connectivity index (χ4n) is 4.46. The molecule has 3 atom stereocenters. The normalized spacial score (nSPS) is 29.1. The third-order valence-electron chi connectivity index (χ3n) is 6.07. The molecule has 3 nitrogen and oxygen atoms in total. The van der Waals surface area contributed by atoms with Gasteiger partial charge in [0.25, 0.3) is 0 Å². The zero-order valence-electron chi connectivity index (χ0n) is 15.3. The minimum Gasteiger partial charge on any atom is -0.383 e. The van der Waals surface area contributed by atoms with Gasteiger partial charge in [-0.05, 0) is 42.2 Å². The molecule has 0 bridgehead atoms. The molecule has 0 radical (unpaired) electrons. The predicted molar refractivity (Wildman–Crippen MR) is 102 cm³/mol. The lowest BCUT2D eigenvalue weighted by molar-refractivity contribution is -0.115. The number of carbonyl (C=O) groups is 1. The van der Waals surface area contributed by atoms with Gasteiger partial charge in [-0.2, -0.15) is 0 Å². The van der Waals surface area contributed by atoms with Crippen molar-refractivity contribution in [3.63, 3.8) is 0 Å². The van der Waals surface area contributed by atoms with E-state index < -0.39 is 0 Å². The Morgan fingerprint density at radius 3 is 2.60 bits per heavy atom. The third-order valence-corrected chi connectivity index (χ3v) is 6.07. The number of carbonyl (C=O) groups excluding carboxylic acids is 1. The highest BCUT2D eigenvalue weighted by molar-refractivity contribution is 6.15. The van der Waals surface area contributed by atoms with Gasteiger partial charge in [0.1, 0.15) is 0 Å². The van der Waals surface area contributed by atoms with Crippen LogP contribution in [0.5, 0.6) is 0 Å². The molecule has 1 N–H and O–H groups in total. The number of nitrogens with one attached hydrogen (secondary N) is 1. The van der Waals surface area contributed by atoms with Crippen molar-refractivity contribution in [2.45, 2.75) is 76.3 Å². The number of hydrogen-bond donors (Lipinski definition) is 1. The molecular weight excluding hydrogens is 308 g/mol. The smallest absolute Gasteiger partial charge is 0.166 e. The van der Waals surface area contributed by atoms with Gasteiger partial charge in [-0.25, -0.2) is 0 Å². The first-order chi connectivity index (χ1) is 12.1. The molecule has 4 rings (SSSR count). The van der Waals surface area contributed by atoms with E-state index in [2.05, 4.69) is 43.4 Å². The quantitative estimate of drug-likeness (QED) is 0.864. The second kappa shape index (κ2) is 6.78. The number of hydrogen-bond acceptors (Lipinski definition) is 3. The predicted octanol–water partition coefficient (Wildman–Crippen LogP) is 4.50. The van der Waals surface area contributed by atoms with Crippen molar-refractivity contribution < 1.29 is 4.79 Å². The van der Waals surface area contributed by atoms with Crippen molar-refractivity contribution in [3.05, 3.63) is 46.7 Å². The Morgan fingerprint density at radius 2 is 1.84 bits per heavy atom. The molecule has 0 saturated heterocycles. The van der Waals surface area contributed by atoms with Crippen LogP contribution in [0, 0.1) is 0 Å². The number of aliphatic imine (C=N–C) groups is 1. The Kier molecular flexibility index (Phi) is 4.49. The Labute approximate surface area is 150 Å². The maximum atomic E-state index is 12.8. The molecule has 0 amide bonds. The Bertz CT molecular complexity index is 714. The van der Waals surface area contributed by atoms with Gasteiger partial charge >= 0.3 is 0 Å². The monoisotopic (exact) mass is 336 g/mol. The second-order valence-corrected chi connectivity index (χ2v) is 8.12. The van der Waals surface area contributed by atoms with Crippen LogP contribution in [0.1, 0.15) is 75.3 Å². The Balaban J connectivity index is 1.57. The van der Waals surface area contributed by atoms with E-state index in [4.69, 9.17) is 4.99 Å². The topological polar surface area (TPSA) is 41.5 Å². The summed E-state index contributed by atoms with van der Waals surface area (Å²) in [4.78, 5) is 17.5. The van der Waals surface area contributed by atoms with Crippen LogP contribution in [0.4, 0.5) is 0 Å². The van der Waals surface area contributed by atoms with Crippen LogP contribution in [0.25, 0.3) is 0 Å². The number of Topliss-reactive ketones (excluding diaryl/α,β-unsaturated/α-hetero) is 1. The lowest BCUT2D eigenvalue weighted by Gasteiger charge is -2.32. The number of rotatable bonds is 2. The Hall–Kier alpha value is -1.90. The minimum atomic E-state index is 0.245. The summed E-state index contributed by atoms with van der Waals surface area (Å²) in [6, 6.07) is 9.62. The highest BCUT2D eigenvalue weighted by Gasteiger charge is 2.33. The summed E-state index contributed by atoms with van der Waals surface area (Å²) >= 11 is 0. The van der Waals surface area contributed by atoms with E-state index in [0.29, 0.717) is 24.4 Å². The molecule has 3 unspecified atom stereocenters. The molecule has 0 aromatic heterocycles. The SMILES string of the molecule is CC(C)c1ccc(C2CC(=O)C3=C(C2)NC2CCCCC2N=C3)cc1. The molecule has 1 saturated carbocycles. The fraction of sp³-hybridized carbons (Fsp3) is 0.545. The van der Waals surface area contributed by atoms with Gasteiger partial charge in [-0.15, -0.1) is 0 Å². The number of nitrogens with zero attached hydrogens (tertiary/aromatic N) is 1. The zero-order chi connectivity index (χ0) is 17.4. The van der Waals surface area contributed by atoms with Gasteiger partial charge in [0.2, 0.25) is 0 Å². The molecule has 3 heteroatoms. The van der Waals surface area contributed by atoms with Crippen LogP contribution in [0.3, 0.4) is 0 Å². The molecule has 3 aliphatic rings. The molecule has 25 heavy (non-hydrogen) atoms. The summed E-state index contributed by atoms with van der Waals surface area (Å²) in [5.74, 6) is 1.07. The molecule has 0 spiro atoms. The van der Waals surface area contributed by atoms with Crippen LogP contribution < -0.4 is 5.32 Å². The summed E-state index contributed by atoms with van der Waals surface area (Å²) in [6.07, 6.45) is 8.23. The summed E-state index contributed by atoms with van der Waals surface area (Å²) in [6.45, 7) is 4.43. The van der Waals surface area contributed by atoms with Crippen LogP contribution in [-0.4, -0.2) is 24.1 Å². The van der Waals surface area contributed by atoms with Crippen LogP contribution >= 0.6 is 0 Å². The minimum absolute atomic E-state index is 0.245. The molecule has 1 fully saturated rings. The first kappa shape index (κ1) is 16.6. The molecule has 1 aliphatic heterocycles. The zero-order valence-corrected chi connectivity index (χ0v) is 15.3. The average molecular weight is 336 g/mol. The standard InChI is InChI=1S/C22H28N2O/c1-14(2)15-7-9-16(10-8-15)17-11-21-18(22(25)12-17)13-23-19-5-3-4-6-20(19)24-21/h7-10,13-14,17,19-20,24H,3-6,11-12H2,1-2H3. The van der Waals surface area contributed by atoms with E-state index in [1.165, 1.54) is 30.4 Å². The van der Waals surface area contributed by atoms with E-state index >= 15 is 0 Å².